The molecule has 0 atom stereocenters. The van der Waals surface area contributed by atoms with Crippen LogP contribution < -0.4 is 0 Å². The van der Waals surface area contributed by atoms with E-state index in [4.69, 9.17) is 0 Å². The van der Waals surface area contributed by atoms with E-state index in [0.717, 1.165) is 22.2 Å². The van der Waals surface area contributed by atoms with E-state index in [1.54, 1.807) is 24.5 Å². The number of aryl methyl sites for hydroxylation is 1. The van der Waals surface area contributed by atoms with E-state index in [9.17, 15) is 3.89 Å². The lowest BCUT2D eigenvalue weighted by molar-refractivity contribution is 0.920. The number of fused-ring (bicyclic) bond motifs is 1. The molecule has 0 saturated carbocycles. The molecular weight excluding hydrogens is 237 g/mol. The summed E-state index contributed by atoms with van der Waals surface area (Å²) in [4.78, 5) is 8.41. The number of aliphatic imine (C=N–C) groups is 1. The summed E-state index contributed by atoms with van der Waals surface area (Å²) in [5.74, 6) is 0.595. The van der Waals surface area contributed by atoms with Gasteiger partial charge in [-0.15, -0.1) is 3.89 Å². The third-order valence-electron chi connectivity index (χ3n) is 2.60. The average Bonchev–Trinajstić information content (AvgIpc) is 2.63. The Balaban J connectivity index is 2.78. The minimum Gasteiger partial charge on any atom is -0.264 e. The van der Waals surface area contributed by atoms with Gasteiger partial charge in [0.2, 0.25) is 0 Å². The summed E-state index contributed by atoms with van der Waals surface area (Å²) < 4.78 is 14.5. The minimum atomic E-state index is 0.146. The molecule has 0 bridgehead atoms. The normalized spacial score (nSPS) is 12.1. The van der Waals surface area contributed by atoms with Crippen LogP contribution in [0.4, 0.5) is 9.70 Å². The summed E-state index contributed by atoms with van der Waals surface area (Å²) in [7, 11) is 0. The summed E-state index contributed by atoms with van der Waals surface area (Å²) in [5, 5.41) is 0.910. The number of hydrogen-bond acceptors (Lipinski definition) is 3. The van der Waals surface area contributed by atoms with Gasteiger partial charge in [-0.2, -0.15) is 0 Å². The number of rotatable bonds is 3. The lowest BCUT2D eigenvalue weighted by atomic mass is 10.2. The van der Waals surface area contributed by atoms with E-state index in [-0.39, 0.29) is 12.3 Å². The van der Waals surface area contributed by atoms with E-state index in [0.29, 0.717) is 5.82 Å². The van der Waals surface area contributed by atoms with Crippen molar-refractivity contribution in [3.63, 3.8) is 0 Å². The van der Waals surface area contributed by atoms with Crippen molar-refractivity contribution in [2.75, 3.05) is 0 Å². The molecular formula is C12H12FN3S. The van der Waals surface area contributed by atoms with Gasteiger partial charge in [0, 0.05) is 29.1 Å². The summed E-state index contributed by atoms with van der Waals surface area (Å²) in [5.41, 5.74) is 2.44. The van der Waals surface area contributed by atoms with Crippen LogP contribution in [0.25, 0.3) is 10.9 Å². The Morgan fingerprint density at radius 2 is 2.41 bits per heavy atom. The largest absolute Gasteiger partial charge is 0.264 e. The first kappa shape index (κ1) is 11.9. The zero-order valence-corrected chi connectivity index (χ0v) is 10.5. The highest BCUT2D eigenvalue weighted by atomic mass is 32.2. The first-order chi connectivity index (χ1) is 8.19. The predicted molar refractivity (Wildman–Crippen MR) is 71.5 cm³/mol. The quantitative estimate of drug-likeness (QED) is 0.769. The van der Waals surface area contributed by atoms with E-state index in [2.05, 4.69) is 16.6 Å². The highest BCUT2D eigenvalue weighted by Crippen LogP contribution is 2.35. The number of hydrogen-bond donors (Lipinski definition) is 0. The van der Waals surface area contributed by atoms with Crippen LogP contribution in [0.1, 0.15) is 12.5 Å². The molecule has 0 saturated heterocycles. The molecule has 0 aliphatic carbocycles. The van der Waals surface area contributed by atoms with Crippen molar-refractivity contribution in [3.8, 4) is 0 Å². The fourth-order valence-electron chi connectivity index (χ4n) is 1.65. The zero-order valence-electron chi connectivity index (χ0n) is 9.64. The second kappa shape index (κ2) is 4.71. The molecule has 2 rings (SSSR count). The van der Waals surface area contributed by atoms with Crippen LogP contribution in [-0.2, 0) is 0 Å². The van der Waals surface area contributed by atoms with Gasteiger partial charge in [-0.3, -0.25) is 4.98 Å². The average molecular weight is 249 g/mol. The summed E-state index contributed by atoms with van der Waals surface area (Å²) in [6, 6.07) is 1.77. The molecule has 0 radical (unpaired) electrons. The van der Waals surface area contributed by atoms with E-state index in [1.165, 1.54) is 3.97 Å². The molecule has 5 heteroatoms. The van der Waals surface area contributed by atoms with Crippen LogP contribution in [0, 0.1) is 6.92 Å². The van der Waals surface area contributed by atoms with Crippen molar-refractivity contribution in [3.05, 3.63) is 36.7 Å². The second-order valence-corrected chi connectivity index (χ2v) is 4.17. The Bertz CT molecular complexity index is 601. The van der Waals surface area contributed by atoms with Gasteiger partial charge in [0.15, 0.2) is 12.3 Å². The van der Waals surface area contributed by atoms with Crippen LogP contribution in [-0.4, -0.2) is 14.7 Å². The predicted octanol–water partition coefficient (Wildman–Crippen LogP) is 4.00. The number of aromatic nitrogens is 2. The molecule has 0 unspecified atom stereocenters. The lowest BCUT2D eigenvalue weighted by Gasteiger charge is -2.00. The fraction of sp³-hybridized carbons (Fsp3) is 0.167. The number of pyridine rings is 1. The van der Waals surface area contributed by atoms with Crippen molar-refractivity contribution < 1.29 is 3.89 Å². The van der Waals surface area contributed by atoms with Crippen LogP contribution in [0.5, 0.6) is 0 Å². The Kier molecular flexibility index (Phi) is 3.28. The van der Waals surface area contributed by atoms with Gasteiger partial charge in [-0.25, -0.2) is 8.96 Å². The molecule has 0 aliphatic rings. The van der Waals surface area contributed by atoms with Crippen LogP contribution in [0.3, 0.4) is 0 Å². The van der Waals surface area contributed by atoms with Crippen molar-refractivity contribution in [1.29, 1.82) is 0 Å². The van der Waals surface area contributed by atoms with Gasteiger partial charge in [-0.05, 0) is 26.0 Å². The van der Waals surface area contributed by atoms with Crippen molar-refractivity contribution >= 4 is 34.8 Å². The maximum Gasteiger partial charge on any atom is 0.171 e. The molecule has 0 amide bonds. The van der Waals surface area contributed by atoms with E-state index < -0.39 is 0 Å². The Hall–Kier alpha value is -1.62. The van der Waals surface area contributed by atoms with Crippen molar-refractivity contribution in [1.82, 2.24) is 8.96 Å². The maximum atomic E-state index is 13.0. The van der Waals surface area contributed by atoms with Crippen molar-refractivity contribution in [2.45, 2.75) is 13.8 Å². The Labute approximate surface area is 104 Å². The summed E-state index contributed by atoms with van der Waals surface area (Å²) in [6.45, 7) is 7.38. The Morgan fingerprint density at radius 1 is 1.65 bits per heavy atom. The number of allylic oxidation sites excluding steroid dienone is 1. The fourth-order valence-corrected chi connectivity index (χ4v) is 2.13. The molecule has 0 aromatic carbocycles. The Morgan fingerprint density at radius 3 is 3.06 bits per heavy atom. The van der Waals surface area contributed by atoms with Crippen LogP contribution in [0.2, 0.25) is 0 Å². The third kappa shape index (κ3) is 1.98. The first-order valence-corrected chi connectivity index (χ1v) is 5.78. The molecule has 2 aromatic rings. The molecule has 17 heavy (non-hydrogen) atoms. The van der Waals surface area contributed by atoms with E-state index >= 15 is 0 Å². The minimum absolute atomic E-state index is 0.146. The van der Waals surface area contributed by atoms with Crippen LogP contribution in [0.15, 0.2) is 36.1 Å². The molecule has 0 spiro atoms. The zero-order chi connectivity index (χ0) is 12.4. The standard InChI is InChI=1S/C12H12FN3S/c1-4-8(2)15-12-9(3)10-7-14-6-5-11(10)16(12)17-13/h4-7H,1H2,2-3H3/b15-8-. The molecule has 0 aliphatic heterocycles. The highest BCUT2D eigenvalue weighted by Gasteiger charge is 2.14. The molecule has 0 fully saturated rings. The van der Waals surface area contributed by atoms with E-state index in [1.807, 2.05) is 13.8 Å². The molecule has 3 nitrogen and oxygen atoms in total. The second-order valence-electron chi connectivity index (χ2n) is 3.66. The maximum absolute atomic E-state index is 13.0. The highest BCUT2D eigenvalue weighted by molar-refractivity contribution is 7.93. The van der Waals surface area contributed by atoms with Crippen LogP contribution >= 0.6 is 12.3 Å². The van der Waals surface area contributed by atoms with Gasteiger partial charge < -0.3 is 0 Å². The smallest absolute Gasteiger partial charge is 0.171 e. The molecule has 88 valence electrons. The molecule has 0 N–H and O–H groups in total. The number of halogens is 1. The summed E-state index contributed by atoms with van der Waals surface area (Å²) in [6.07, 6.45) is 5.00. The van der Waals surface area contributed by atoms with Gasteiger partial charge in [-0.1, -0.05) is 6.58 Å². The lowest BCUT2D eigenvalue weighted by Crippen LogP contribution is -1.87. The van der Waals surface area contributed by atoms with Crippen molar-refractivity contribution in [2.24, 2.45) is 4.99 Å². The monoisotopic (exact) mass is 249 g/mol. The molecule has 2 aromatic heterocycles. The first-order valence-electron chi connectivity index (χ1n) is 5.11. The van der Waals surface area contributed by atoms with Gasteiger partial charge >= 0.3 is 0 Å². The van der Waals surface area contributed by atoms with Gasteiger partial charge in [0.25, 0.3) is 0 Å². The topological polar surface area (TPSA) is 30.2 Å². The van der Waals surface area contributed by atoms with Gasteiger partial charge in [0.05, 0.1) is 5.52 Å². The number of nitrogens with zero attached hydrogens (tertiary/aromatic N) is 3. The third-order valence-corrected chi connectivity index (χ3v) is 3.10. The van der Waals surface area contributed by atoms with Gasteiger partial charge in [0.1, 0.15) is 5.82 Å². The summed E-state index contributed by atoms with van der Waals surface area (Å²) >= 11 is 0.146. The molecule has 2 heterocycles. The SMILES string of the molecule is C=C/C(C)=N\c1c(C)c2cnccc2n1SF.